The van der Waals surface area contributed by atoms with E-state index >= 15 is 0 Å². The highest BCUT2D eigenvalue weighted by Gasteiger charge is 2.36. The van der Waals surface area contributed by atoms with E-state index in [4.69, 9.17) is 16.3 Å². The van der Waals surface area contributed by atoms with Crippen LogP contribution in [0.5, 0.6) is 0 Å². The number of hydrogen-bond donors (Lipinski definition) is 1. The van der Waals surface area contributed by atoms with Gasteiger partial charge in [-0.05, 0) is 24.2 Å². The fraction of sp³-hybridized carbons (Fsp3) is 0.333. The van der Waals surface area contributed by atoms with E-state index in [1.165, 1.54) is 6.07 Å². The zero-order chi connectivity index (χ0) is 24.2. The van der Waals surface area contributed by atoms with Gasteiger partial charge in [0.25, 0.3) is 5.91 Å². The maximum Gasteiger partial charge on any atom is 0.435 e. The smallest absolute Gasteiger partial charge is 0.360 e. The number of amides is 1. The molecule has 0 aliphatic carbocycles. The number of carbonyl (C=O) groups is 1. The van der Waals surface area contributed by atoms with Crippen LogP contribution in [0.2, 0.25) is 30.7 Å². The molecular formula is C21H23ClF3N5O2Si. The van der Waals surface area contributed by atoms with Gasteiger partial charge in [0.15, 0.2) is 5.69 Å². The molecule has 176 valence electrons. The molecule has 0 radical (unpaired) electrons. The SMILES string of the molecule is C[Si](C)(C)CCOCn1cc(-c2cccc(C(=O)Nc3cc(Cl)cnc3C(F)(F)F)n2)cn1. The number of nitrogens with one attached hydrogen (secondary N) is 1. The predicted octanol–water partition coefficient (Wildman–Crippen LogP) is 5.58. The van der Waals surface area contributed by atoms with Gasteiger partial charge in [-0.25, -0.2) is 14.6 Å². The fourth-order valence-corrected chi connectivity index (χ4v) is 3.69. The summed E-state index contributed by atoms with van der Waals surface area (Å²) in [6, 6.07) is 6.68. The van der Waals surface area contributed by atoms with Gasteiger partial charge in [-0.1, -0.05) is 37.3 Å². The minimum atomic E-state index is -4.76. The number of hydrogen-bond acceptors (Lipinski definition) is 5. The molecule has 3 aromatic heterocycles. The molecule has 7 nitrogen and oxygen atoms in total. The van der Waals surface area contributed by atoms with Crippen LogP contribution in [-0.4, -0.2) is 40.3 Å². The van der Waals surface area contributed by atoms with Gasteiger partial charge in [-0.15, -0.1) is 0 Å². The Balaban J connectivity index is 1.71. The van der Waals surface area contributed by atoms with Gasteiger partial charge in [0.1, 0.15) is 12.4 Å². The maximum atomic E-state index is 13.2. The molecular weight excluding hydrogens is 475 g/mol. The van der Waals surface area contributed by atoms with Crippen LogP contribution in [0, 0.1) is 0 Å². The van der Waals surface area contributed by atoms with Gasteiger partial charge >= 0.3 is 6.18 Å². The van der Waals surface area contributed by atoms with E-state index in [0.717, 1.165) is 18.3 Å². The summed E-state index contributed by atoms with van der Waals surface area (Å²) in [5, 5.41) is 6.39. The summed E-state index contributed by atoms with van der Waals surface area (Å²) in [6.07, 6.45) is -0.588. The van der Waals surface area contributed by atoms with E-state index in [1.54, 1.807) is 29.2 Å². The number of pyridine rings is 2. The number of aromatic nitrogens is 4. The Morgan fingerprint density at radius 3 is 2.70 bits per heavy atom. The zero-order valence-electron chi connectivity index (χ0n) is 18.3. The first-order chi connectivity index (χ1) is 15.4. The Morgan fingerprint density at radius 2 is 2.00 bits per heavy atom. The molecule has 0 atom stereocenters. The number of halogens is 4. The molecule has 0 aliphatic rings. The quantitative estimate of drug-likeness (QED) is 0.324. The zero-order valence-corrected chi connectivity index (χ0v) is 20.0. The van der Waals surface area contributed by atoms with Crippen molar-refractivity contribution in [2.24, 2.45) is 0 Å². The summed E-state index contributed by atoms with van der Waals surface area (Å²) in [4.78, 5) is 20.2. The van der Waals surface area contributed by atoms with Crippen LogP contribution < -0.4 is 5.32 Å². The molecule has 0 spiro atoms. The third-order valence-corrected chi connectivity index (χ3v) is 6.41. The van der Waals surface area contributed by atoms with Crippen LogP contribution >= 0.6 is 11.6 Å². The second-order valence-corrected chi connectivity index (χ2v) is 14.6. The highest BCUT2D eigenvalue weighted by molar-refractivity contribution is 6.76. The highest BCUT2D eigenvalue weighted by Crippen LogP contribution is 2.34. The van der Waals surface area contributed by atoms with Crippen molar-refractivity contribution in [2.45, 2.75) is 38.6 Å². The lowest BCUT2D eigenvalue weighted by atomic mass is 10.2. The molecule has 0 saturated carbocycles. The molecule has 0 aliphatic heterocycles. The number of carbonyl (C=O) groups excluding carboxylic acids is 1. The minimum Gasteiger partial charge on any atom is -0.360 e. The van der Waals surface area contributed by atoms with Crippen LogP contribution in [0.1, 0.15) is 16.2 Å². The first-order valence-corrected chi connectivity index (χ1v) is 14.1. The Morgan fingerprint density at radius 1 is 1.24 bits per heavy atom. The van der Waals surface area contributed by atoms with E-state index in [-0.39, 0.29) is 17.4 Å². The van der Waals surface area contributed by atoms with Gasteiger partial charge in [0.05, 0.1) is 22.6 Å². The topological polar surface area (TPSA) is 81.9 Å². The summed E-state index contributed by atoms with van der Waals surface area (Å²) in [7, 11) is -1.18. The third-order valence-electron chi connectivity index (χ3n) is 4.50. The standard InChI is InChI=1S/C21H23ClF3N5O2Si/c1-33(2,3)8-7-32-13-30-12-14(10-27-30)16-5-4-6-17(28-16)20(31)29-18-9-15(22)11-26-19(18)21(23,24)25/h4-6,9-12H,7-8,13H2,1-3H3,(H,29,31). The highest BCUT2D eigenvalue weighted by atomic mass is 35.5. The van der Waals surface area contributed by atoms with Crippen molar-refractivity contribution in [2.75, 3.05) is 11.9 Å². The predicted molar refractivity (Wildman–Crippen MR) is 122 cm³/mol. The van der Waals surface area contributed by atoms with Crippen LogP contribution in [0.15, 0.2) is 42.9 Å². The summed E-state index contributed by atoms with van der Waals surface area (Å²) < 4.78 is 46.9. The van der Waals surface area contributed by atoms with Crippen molar-refractivity contribution in [1.82, 2.24) is 19.7 Å². The fourth-order valence-electron chi connectivity index (χ4n) is 2.77. The maximum absolute atomic E-state index is 13.2. The van der Waals surface area contributed by atoms with Crippen molar-refractivity contribution in [3.63, 3.8) is 0 Å². The van der Waals surface area contributed by atoms with E-state index < -0.39 is 31.5 Å². The summed E-state index contributed by atoms with van der Waals surface area (Å²) in [5.74, 6) is -0.825. The van der Waals surface area contributed by atoms with Crippen LogP contribution in [0.4, 0.5) is 18.9 Å². The number of alkyl halides is 3. The Bertz CT molecular complexity index is 1130. The number of nitrogens with zero attached hydrogens (tertiary/aromatic N) is 4. The molecule has 3 aromatic rings. The van der Waals surface area contributed by atoms with Crippen molar-refractivity contribution in [1.29, 1.82) is 0 Å². The molecule has 3 heterocycles. The Labute approximate surface area is 195 Å². The molecule has 12 heteroatoms. The average Bonchev–Trinajstić information content (AvgIpc) is 3.19. The van der Waals surface area contributed by atoms with Gasteiger partial charge in [-0.2, -0.15) is 18.3 Å². The molecule has 0 saturated heterocycles. The largest absolute Gasteiger partial charge is 0.435 e. The van der Waals surface area contributed by atoms with Crippen molar-refractivity contribution in [3.05, 3.63) is 59.3 Å². The summed E-state index contributed by atoms with van der Waals surface area (Å²) >= 11 is 5.76. The first-order valence-electron chi connectivity index (χ1n) is 10.0. The van der Waals surface area contributed by atoms with E-state index in [0.29, 0.717) is 17.9 Å². The number of anilines is 1. The van der Waals surface area contributed by atoms with Crippen molar-refractivity contribution < 1.29 is 22.7 Å². The summed E-state index contributed by atoms with van der Waals surface area (Å²) in [5.41, 5.74) is -0.780. The monoisotopic (exact) mass is 497 g/mol. The van der Waals surface area contributed by atoms with Crippen molar-refractivity contribution in [3.8, 4) is 11.3 Å². The van der Waals surface area contributed by atoms with Crippen LogP contribution in [0.3, 0.4) is 0 Å². The number of rotatable bonds is 8. The normalized spacial score (nSPS) is 12.1. The third kappa shape index (κ3) is 7.11. The lowest BCUT2D eigenvalue weighted by Gasteiger charge is -2.15. The lowest BCUT2D eigenvalue weighted by Crippen LogP contribution is -2.22. The summed E-state index contributed by atoms with van der Waals surface area (Å²) in [6.45, 7) is 7.74. The van der Waals surface area contributed by atoms with E-state index in [1.807, 2.05) is 0 Å². The molecule has 0 unspecified atom stereocenters. The van der Waals surface area contributed by atoms with Crippen LogP contribution in [0.25, 0.3) is 11.3 Å². The average molecular weight is 498 g/mol. The minimum absolute atomic E-state index is 0.0421. The van der Waals surface area contributed by atoms with Gasteiger partial charge in [-0.3, -0.25) is 4.79 Å². The van der Waals surface area contributed by atoms with E-state index in [2.05, 4.69) is 40.0 Å². The molecule has 3 rings (SSSR count). The van der Waals surface area contributed by atoms with Gasteiger partial charge in [0.2, 0.25) is 0 Å². The van der Waals surface area contributed by atoms with Crippen LogP contribution in [-0.2, 0) is 17.6 Å². The lowest BCUT2D eigenvalue weighted by molar-refractivity contribution is -0.140. The first kappa shape index (κ1) is 24.9. The molecule has 0 bridgehead atoms. The van der Waals surface area contributed by atoms with Crippen molar-refractivity contribution >= 4 is 31.3 Å². The Kier molecular flexibility index (Phi) is 7.55. The van der Waals surface area contributed by atoms with Gasteiger partial charge in [0, 0.05) is 32.6 Å². The molecule has 0 aromatic carbocycles. The number of ether oxygens (including phenoxy) is 1. The second kappa shape index (κ2) is 10.0. The van der Waals surface area contributed by atoms with E-state index in [9.17, 15) is 18.0 Å². The molecule has 1 N–H and O–H groups in total. The molecule has 1 amide bonds. The molecule has 0 fully saturated rings. The molecule has 33 heavy (non-hydrogen) atoms. The van der Waals surface area contributed by atoms with Gasteiger partial charge < -0.3 is 10.1 Å². The Hall–Kier alpha value is -2.76. The second-order valence-electron chi connectivity index (χ2n) is 8.53.